The number of hydrogen-bond acceptors (Lipinski definition) is 5. The number of esters is 1. The molecule has 0 amide bonds. The third-order valence-corrected chi connectivity index (χ3v) is 2.04. The Balaban J connectivity index is 0.00000324. The zero-order valence-corrected chi connectivity index (χ0v) is 9.62. The normalized spacial score (nSPS) is 9.47. The number of carbonyl (C=O) groups is 1. The molecule has 0 N–H and O–H groups in total. The Morgan fingerprint density at radius 3 is 2.79 bits per heavy atom. The first-order valence-corrected chi connectivity index (χ1v) is 5.12. The molecule has 0 aliphatic heterocycles. The molecule has 0 aliphatic rings. The average Bonchev–Trinajstić information content (AvgIpc) is 2.36. The number of ether oxygens (including phenoxy) is 1. The molecule has 0 aliphatic carbocycles. The van der Waals surface area contributed by atoms with Crippen molar-refractivity contribution in [2.45, 2.75) is 6.92 Å². The van der Waals surface area contributed by atoms with E-state index >= 15 is 0 Å². The molecule has 0 saturated heterocycles. The van der Waals surface area contributed by atoms with Crippen molar-refractivity contribution in [2.24, 2.45) is 0 Å². The number of nitrogens with zero attached hydrogens (tertiary/aromatic N) is 2. The molecule has 0 fully saturated rings. The summed E-state index contributed by atoms with van der Waals surface area (Å²) in [5.41, 5.74) is 0.205. The van der Waals surface area contributed by atoms with E-state index in [1.807, 2.05) is 6.07 Å². The first kappa shape index (κ1) is 17.3. The quantitative estimate of drug-likeness (QED) is 0.271. The number of nitro groups is 1. The molecule has 94 valence electrons. The van der Waals surface area contributed by atoms with Gasteiger partial charge in [0.25, 0.3) is 5.69 Å². The van der Waals surface area contributed by atoms with E-state index in [0.717, 1.165) is 12.1 Å². The van der Waals surface area contributed by atoms with E-state index < -0.39 is 10.9 Å². The van der Waals surface area contributed by atoms with Crippen molar-refractivity contribution in [1.29, 1.82) is 5.26 Å². The molecule has 0 saturated carbocycles. The fourth-order valence-electron chi connectivity index (χ4n) is 1.26. The molecule has 1 aromatic carbocycles. The van der Waals surface area contributed by atoms with Gasteiger partial charge in [0.05, 0.1) is 28.7 Å². The van der Waals surface area contributed by atoms with E-state index in [9.17, 15) is 14.9 Å². The summed E-state index contributed by atoms with van der Waals surface area (Å²) < 4.78 is 4.66. The van der Waals surface area contributed by atoms with Crippen LogP contribution < -0.4 is 0 Å². The summed E-state index contributed by atoms with van der Waals surface area (Å²) in [6, 6.07) is 5.82. The minimum absolute atomic E-state index is 0. The minimum atomic E-state index is -0.605. The van der Waals surface area contributed by atoms with Crippen LogP contribution in [0, 0.1) is 21.4 Å². The summed E-state index contributed by atoms with van der Waals surface area (Å²) in [5, 5.41) is 19.5. The summed E-state index contributed by atoms with van der Waals surface area (Å²) in [7, 11) is 0. The molecule has 0 aromatic heterocycles. The maximum atomic E-state index is 11.1. The third kappa shape index (κ3) is 5.22. The van der Waals surface area contributed by atoms with Gasteiger partial charge in [-0.2, -0.15) is 5.26 Å². The molecule has 0 bridgehead atoms. The predicted molar refractivity (Wildman–Crippen MR) is 70.6 cm³/mol. The average molecular weight is 270 g/mol. The van der Waals surface area contributed by atoms with Gasteiger partial charge in [-0.15, -0.1) is 0 Å². The van der Waals surface area contributed by atoms with Gasteiger partial charge < -0.3 is 4.74 Å². The zero-order chi connectivity index (χ0) is 13.5. The van der Waals surface area contributed by atoms with Crippen LogP contribution in [0.25, 0.3) is 6.08 Å². The third-order valence-electron chi connectivity index (χ3n) is 2.04. The Kier molecular flexibility index (Phi) is 7.68. The van der Waals surface area contributed by atoms with Crippen molar-refractivity contribution in [3.63, 3.8) is 0 Å². The van der Waals surface area contributed by atoms with Gasteiger partial charge in [-0.05, 0) is 25.1 Å². The molecular formula is C12H11N2NaO4. The number of benzene rings is 1. The summed E-state index contributed by atoms with van der Waals surface area (Å²) >= 11 is 0. The van der Waals surface area contributed by atoms with Crippen LogP contribution in [0.5, 0.6) is 0 Å². The number of hydrogen-bond donors (Lipinski definition) is 0. The molecule has 0 heterocycles. The van der Waals surface area contributed by atoms with Crippen LogP contribution >= 0.6 is 0 Å². The molecule has 1 aromatic rings. The first-order chi connectivity index (χ1) is 8.58. The zero-order valence-electron chi connectivity index (χ0n) is 9.62. The fourth-order valence-corrected chi connectivity index (χ4v) is 1.26. The predicted octanol–water partition coefficient (Wildman–Crippen LogP) is 1.39. The van der Waals surface area contributed by atoms with Crippen LogP contribution in [-0.2, 0) is 9.53 Å². The van der Waals surface area contributed by atoms with Gasteiger partial charge in [0.15, 0.2) is 0 Å². The summed E-state index contributed by atoms with van der Waals surface area (Å²) in [6.07, 6.45) is 2.40. The van der Waals surface area contributed by atoms with E-state index in [2.05, 4.69) is 4.74 Å². The second kappa shape index (κ2) is 8.43. The molecule has 1 rings (SSSR count). The number of carbonyl (C=O) groups excluding carboxylic acids is 1. The van der Waals surface area contributed by atoms with Crippen LogP contribution in [0.3, 0.4) is 0 Å². The maximum absolute atomic E-state index is 11.1. The van der Waals surface area contributed by atoms with Crippen molar-refractivity contribution < 1.29 is 14.5 Å². The summed E-state index contributed by atoms with van der Waals surface area (Å²) in [4.78, 5) is 21.3. The standard InChI is InChI=1S/C12H10N2O4.Na.H/c1-2-18-12(15)6-5-10-4-3-9(8-13)7-11(10)14(16)17;;/h3-7H,2H2,1H3;;. The number of nitro benzene ring substituents is 1. The number of nitriles is 1. The SMILES string of the molecule is CCOC(=O)C=Cc1ccc(C#N)cc1[N+](=O)[O-].[NaH]. The molecular weight excluding hydrogens is 259 g/mol. The van der Waals surface area contributed by atoms with E-state index in [4.69, 9.17) is 5.26 Å². The van der Waals surface area contributed by atoms with Crippen LogP contribution in [0.15, 0.2) is 24.3 Å². The van der Waals surface area contributed by atoms with Gasteiger partial charge in [-0.3, -0.25) is 10.1 Å². The Morgan fingerprint density at radius 2 is 2.26 bits per heavy atom. The van der Waals surface area contributed by atoms with Crippen molar-refractivity contribution in [3.05, 3.63) is 45.5 Å². The van der Waals surface area contributed by atoms with Crippen molar-refractivity contribution >= 4 is 47.3 Å². The molecule has 6 nitrogen and oxygen atoms in total. The molecule has 0 spiro atoms. The Labute approximate surface area is 132 Å². The van der Waals surface area contributed by atoms with Crippen LogP contribution in [0.1, 0.15) is 18.1 Å². The van der Waals surface area contributed by atoms with E-state index in [0.29, 0.717) is 0 Å². The first-order valence-electron chi connectivity index (χ1n) is 5.12. The van der Waals surface area contributed by atoms with E-state index in [1.165, 1.54) is 18.2 Å². The van der Waals surface area contributed by atoms with Gasteiger partial charge in [0, 0.05) is 12.1 Å². The Bertz CT molecular complexity index is 549. The summed E-state index contributed by atoms with van der Waals surface area (Å²) in [6.45, 7) is 1.90. The molecule has 0 unspecified atom stereocenters. The molecule has 19 heavy (non-hydrogen) atoms. The van der Waals surface area contributed by atoms with Crippen LogP contribution in [0.2, 0.25) is 0 Å². The molecule has 0 atom stereocenters. The number of rotatable bonds is 4. The Morgan fingerprint density at radius 1 is 1.58 bits per heavy atom. The van der Waals surface area contributed by atoms with Gasteiger partial charge in [-0.25, -0.2) is 4.79 Å². The fraction of sp³-hybridized carbons (Fsp3) is 0.167. The van der Waals surface area contributed by atoms with E-state index in [1.54, 1.807) is 6.92 Å². The van der Waals surface area contributed by atoms with Gasteiger partial charge >= 0.3 is 35.5 Å². The van der Waals surface area contributed by atoms with Gasteiger partial charge in [0.1, 0.15) is 0 Å². The van der Waals surface area contributed by atoms with Gasteiger partial charge in [0.2, 0.25) is 0 Å². The van der Waals surface area contributed by atoms with Gasteiger partial charge in [-0.1, -0.05) is 0 Å². The monoisotopic (exact) mass is 270 g/mol. The van der Waals surface area contributed by atoms with Crippen LogP contribution in [0.4, 0.5) is 5.69 Å². The molecule has 0 radical (unpaired) electrons. The second-order valence-corrected chi connectivity index (χ2v) is 3.23. The van der Waals surface area contributed by atoms with Crippen molar-refractivity contribution in [1.82, 2.24) is 0 Å². The second-order valence-electron chi connectivity index (χ2n) is 3.23. The van der Waals surface area contributed by atoms with Crippen LogP contribution in [-0.4, -0.2) is 47.1 Å². The topological polar surface area (TPSA) is 93.2 Å². The Hall–Kier alpha value is -1.68. The van der Waals surface area contributed by atoms with Crippen molar-refractivity contribution in [2.75, 3.05) is 6.61 Å². The van der Waals surface area contributed by atoms with Crippen molar-refractivity contribution in [3.8, 4) is 6.07 Å². The summed E-state index contributed by atoms with van der Waals surface area (Å²) in [5.74, 6) is -0.573. The van der Waals surface area contributed by atoms with E-state index in [-0.39, 0.29) is 53.0 Å². The molecule has 7 heteroatoms.